The smallest absolute Gasteiger partial charge is 0.277 e. The lowest BCUT2D eigenvalue weighted by Gasteiger charge is -2.05. The molecule has 2 aromatic rings. The molecule has 0 radical (unpaired) electrons. The van der Waals surface area contributed by atoms with Gasteiger partial charge in [-0.05, 0) is 18.1 Å². The molecule has 0 unspecified atom stereocenters. The molecule has 0 aliphatic heterocycles. The first-order chi connectivity index (χ1) is 8.65. The number of hydrogen-bond donors (Lipinski definition) is 0. The summed E-state index contributed by atoms with van der Waals surface area (Å²) in [7, 11) is 1.54. The summed E-state index contributed by atoms with van der Waals surface area (Å²) in [6.45, 7) is 2.09. The fourth-order valence-electron chi connectivity index (χ4n) is 1.77. The molecular weight excluding hydrogens is 228 g/mol. The van der Waals surface area contributed by atoms with Crippen LogP contribution in [0.3, 0.4) is 0 Å². The molecule has 0 aliphatic rings. The van der Waals surface area contributed by atoms with Crippen molar-refractivity contribution in [1.82, 2.24) is 9.78 Å². The fourth-order valence-corrected chi connectivity index (χ4v) is 1.77. The monoisotopic (exact) mass is 242 g/mol. The first-order valence-corrected chi connectivity index (χ1v) is 5.78. The van der Waals surface area contributed by atoms with Gasteiger partial charge in [0, 0.05) is 12.6 Å². The molecule has 0 amide bonds. The van der Waals surface area contributed by atoms with E-state index in [1.807, 2.05) is 24.3 Å². The second-order valence-electron chi connectivity index (χ2n) is 4.08. The van der Waals surface area contributed by atoms with Crippen LogP contribution in [0.2, 0.25) is 0 Å². The summed E-state index contributed by atoms with van der Waals surface area (Å²) in [6.07, 6.45) is 1.54. The van der Waals surface area contributed by atoms with Gasteiger partial charge in [-0.25, -0.2) is 4.68 Å². The topological polar surface area (TPSA) is 52.0 Å². The summed E-state index contributed by atoms with van der Waals surface area (Å²) in [4.78, 5) is 22.4. The van der Waals surface area contributed by atoms with Gasteiger partial charge in [-0.3, -0.25) is 9.59 Å². The number of carbonyl (C=O) groups is 1. The van der Waals surface area contributed by atoms with Crippen molar-refractivity contribution in [3.05, 3.63) is 51.8 Å². The van der Waals surface area contributed by atoms with Crippen LogP contribution in [0.25, 0.3) is 11.3 Å². The second kappa shape index (κ2) is 4.96. The Bertz CT molecular complexity index is 627. The average molecular weight is 242 g/mol. The Morgan fingerprint density at radius 2 is 1.94 bits per heavy atom. The molecule has 18 heavy (non-hydrogen) atoms. The molecule has 0 aliphatic carbocycles. The van der Waals surface area contributed by atoms with Crippen LogP contribution in [0, 0.1) is 0 Å². The minimum absolute atomic E-state index is 0.127. The predicted molar refractivity (Wildman–Crippen MR) is 69.7 cm³/mol. The van der Waals surface area contributed by atoms with Crippen LogP contribution in [0.15, 0.2) is 35.1 Å². The molecule has 0 saturated heterocycles. The van der Waals surface area contributed by atoms with E-state index in [0.29, 0.717) is 12.0 Å². The number of aromatic nitrogens is 2. The maximum absolute atomic E-state index is 11.6. The highest BCUT2D eigenvalue weighted by molar-refractivity contribution is 5.76. The summed E-state index contributed by atoms with van der Waals surface area (Å²) in [6, 6.07) is 9.45. The third-order valence-corrected chi connectivity index (χ3v) is 2.88. The van der Waals surface area contributed by atoms with Crippen molar-refractivity contribution in [3.8, 4) is 11.3 Å². The van der Waals surface area contributed by atoms with E-state index >= 15 is 0 Å². The van der Waals surface area contributed by atoms with Crippen molar-refractivity contribution in [3.63, 3.8) is 0 Å². The molecule has 0 fully saturated rings. The van der Waals surface area contributed by atoms with E-state index in [9.17, 15) is 9.59 Å². The minimum atomic E-state index is -0.376. The molecule has 4 nitrogen and oxygen atoms in total. The molecule has 0 atom stereocenters. The number of carbonyl (C=O) groups excluding carboxylic acids is 1. The lowest BCUT2D eigenvalue weighted by molar-refractivity contribution is 0.112. The van der Waals surface area contributed by atoms with Gasteiger partial charge in [0.05, 0.1) is 11.3 Å². The van der Waals surface area contributed by atoms with Crippen LogP contribution < -0.4 is 5.56 Å². The second-order valence-corrected chi connectivity index (χ2v) is 4.08. The number of benzene rings is 1. The van der Waals surface area contributed by atoms with E-state index in [-0.39, 0.29) is 11.1 Å². The summed E-state index contributed by atoms with van der Waals surface area (Å²) < 4.78 is 1.19. The lowest BCUT2D eigenvalue weighted by atomic mass is 10.1. The predicted octanol–water partition coefficient (Wildman–Crippen LogP) is 1.82. The van der Waals surface area contributed by atoms with Gasteiger partial charge in [0.1, 0.15) is 0 Å². The van der Waals surface area contributed by atoms with Gasteiger partial charge in [-0.1, -0.05) is 31.2 Å². The van der Waals surface area contributed by atoms with Crippen LogP contribution >= 0.6 is 0 Å². The molecule has 1 aromatic carbocycles. The zero-order chi connectivity index (χ0) is 13.1. The zero-order valence-electron chi connectivity index (χ0n) is 10.4. The van der Waals surface area contributed by atoms with E-state index in [1.165, 1.54) is 16.3 Å². The van der Waals surface area contributed by atoms with Crippen molar-refractivity contribution in [2.24, 2.45) is 7.05 Å². The molecule has 0 N–H and O–H groups in total. The van der Waals surface area contributed by atoms with Crippen molar-refractivity contribution in [1.29, 1.82) is 0 Å². The van der Waals surface area contributed by atoms with Crippen molar-refractivity contribution in [2.75, 3.05) is 0 Å². The molecule has 4 heteroatoms. The molecule has 0 spiro atoms. The van der Waals surface area contributed by atoms with Gasteiger partial charge in [0.15, 0.2) is 6.29 Å². The lowest BCUT2D eigenvalue weighted by Crippen LogP contribution is -2.23. The Kier molecular flexibility index (Phi) is 3.37. The number of aldehydes is 1. The standard InChI is InChI=1S/C14H14N2O2/c1-3-10-4-6-11(7-5-10)13-8-12(9-17)14(18)16(2)15-13/h4-9H,3H2,1-2H3. The highest BCUT2D eigenvalue weighted by Crippen LogP contribution is 2.17. The van der Waals surface area contributed by atoms with Gasteiger partial charge in [0.25, 0.3) is 5.56 Å². The number of aryl methyl sites for hydroxylation is 2. The molecular formula is C14H14N2O2. The van der Waals surface area contributed by atoms with Crippen LogP contribution in [0.4, 0.5) is 0 Å². The van der Waals surface area contributed by atoms with E-state index in [2.05, 4.69) is 12.0 Å². The van der Waals surface area contributed by atoms with E-state index in [4.69, 9.17) is 0 Å². The number of rotatable bonds is 3. The third-order valence-electron chi connectivity index (χ3n) is 2.88. The summed E-state index contributed by atoms with van der Waals surface area (Å²) in [5, 5.41) is 4.15. The maximum atomic E-state index is 11.6. The summed E-state index contributed by atoms with van der Waals surface area (Å²) in [5.74, 6) is 0. The largest absolute Gasteiger partial charge is 0.298 e. The Hall–Kier alpha value is -2.23. The van der Waals surface area contributed by atoms with E-state index < -0.39 is 0 Å². The maximum Gasteiger partial charge on any atom is 0.277 e. The minimum Gasteiger partial charge on any atom is -0.298 e. The van der Waals surface area contributed by atoms with Crippen LogP contribution in [0.5, 0.6) is 0 Å². The number of hydrogen-bond acceptors (Lipinski definition) is 3. The average Bonchev–Trinajstić information content (AvgIpc) is 2.42. The first-order valence-electron chi connectivity index (χ1n) is 5.78. The van der Waals surface area contributed by atoms with Gasteiger partial charge in [-0.2, -0.15) is 5.10 Å². The van der Waals surface area contributed by atoms with Gasteiger partial charge >= 0.3 is 0 Å². The zero-order valence-corrected chi connectivity index (χ0v) is 10.4. The van der Waals surface area contributed by atoms with Crippen molar-refractivity contribution >= 4 is 6.29 Å². The molecule has 0 saturated carbocycles. The van der Waals surface area contributed by atoms with Crippen LogP contribution in [0.1, 0.15) is 22.8 Å². The molecule has 2 rings (SSSR count). The van der Waals surface area contributed by atoms with Gasteiger partial charge in [-0.15, -0.1) is 0 Å². The fraction of sp³-hybridized carbons (Fsp3) is 0.214. The number of nitrogens with zero attached hydrogens (tertiary/aromatic N) is 2. The van der Waals surface area contributed by atoms with E-state index in [1.54, 1.807) is 7.05 Å². The third kappa shape index (κ3) is 2.22. The molecule has 0 bridgehead atoms. The van der Waals surface area contributed by atoms with E-state index in [0.717, 1.165) is 12.0 Å². The van der Waals surface area contributed by atoms with Crippen molar-refractivity contribution < 1.29 is 4.79 Å². The first kappa shape index (κ1) is 12.2. The normalized spacial score (nSPS) is 10.3. The molecule has 92 valence electrons. The SMILES string of the molecule is CCc1ccc(-c2cc(C=O)c(=O)n(C)n2)cc1. The Labute approximate surface area is 105 Å². The van der Waals surface area contributed by atoms with Gasteiger partial charge in [0.2, 0.25) is 0 Å². The molecule has 1 aromatic heterocycles. The Morgan fingerprint density at radius 1 is 1.28 bits per heavy atom. The van der Waals surface area contributed by atoms with Crippen LogP contribution in [-0.2, 0) is 13.5 Å². The summed E-state index contributed by atoms with van der Waals surface area (Å²) >= 11 is 0. The highest BCUT2D eigenvalue weighted by Gasteiger charge is 2.07. The highest BCUT2D eigenvalue weighted by atomic mass is 16.1. The quantitative estimate of drug-likeness (QED) is 0.771. The Balaban J connectivity index is 2.53. The Morgan fingerprint density at radius 3 is 2.50 bits per heavy atom. The van der Waals surface area contributed by atoms with Crippen molar-refractivity contribution in [2.45, 2.75) is 13.3 Å². The van der Waals surface area contributed by atoms with Gasteiger partial charge < -0.3 is 0 Å². The summed E-state index contributed by atoms with van der Waals surface area (Å²) in [5.41, 5.74) is 2.51. The molecule has 1 heterocycles. The van der Waals surface area contributed by atoms with Crippen LogP contribution in [-0.4, -0.2) is 16.1 Å².